The zero-order chi connectivity index (χ0) is 10.6. The quantitative estimate of drug-likeness (QED) is 0.549. The van der Waals surface area contributed by atoms with E-state index in [4.69, 9.17) is 0 Å². The SMILES string of the molecule is CCOC(=O)Cc1nc(F)ccc1F. The number of pyridine rings is 1. The molecule has 3 nitrogen and oxygen atoms in total. The molecule has 5 heteroatoms. The van der Waals surface area contributed by atoms with Crippen LogP contribution in [0.2, 0.25) is 0 Å². The normalized spacial score (nSPS) is 9.93. The minimum atomic E-state index is -0.814. The molecule has 0 unspecified atom stereocenters. The van der Waals surface area contributed by atoms with Crippen LogP contribution in [-0.4, -0.2) is 17.6 Å². The second-order valence-corrected chi connectivity index (χ2v) is 2.54. The standard InChI is InChI=1S/C9H9F2NO2/c1-2-14-9(13)5-7-6(10)3-4-8(11)12-7/h3-4H,2,5H2,1H3. The van der Waals surface area contributed by atoms with Crippen molar-refractivity contribution in [1.82, 2.24) is 4.98 Å². The lowest BCUT2D eigenvalue weighted by molar-refractivity contribution is -0.142. The molecule has 0 aliphatic rings. The first-order chi connectivity index (χ1) is 6.63. The smallest absolute Gasteiger partial charge is 0.311 e. The number of carbonyl (C=O) groups excluding carboxylic acids is 1. The maximum Gasteiger partial charge on any atom is 0.311 e. The highest BCUT2D eigenvalue weighted by Gasteiger charge is 2.11. The molecule has 1 rings (SSSR count). The van der Waals surface area contributed by atoms with Gasteiger partial charge in [0, 0.05) is 0 Å². The lowest BCUT2D eigenvalue weighted by Crippen LogP contribution is -2.10. The summed E-state index contributed by atoms with van der Waals surface area (Å²) in [7, 11) is 0. The van der Waals surface area contributed by atoms with Gasteiger partial charge < -0.3 is 4.74 Å². The van der Waals surface area contributed by atoms with Crippen molar-refractivity contribution in [1.29, 1.82) is 0 Å². The van der Waals surface area contributed by atoms with Crippen molar-refractivity contribution in [3.05, 3.63) is 29.6 Å². The van der Waals surface area contributed by atoms with Crippen LogP contribution in [0.25, 0.3) is 0 Å². The molecule has 0 bridgehead atoms. The molecule has 0 saturated heterocycles. The fourth-order valence-electron chi connectivity index (χ4n) is 0.930. The summed E-state index contributed by atoms with van der Waals surface area (Å²) in [4.78, 5) is 14.2. The molecule has 1 heterocycles. The zero-order valence-electron chi connectivity index (χ0n) is 7.59. The molecule has 0 amide bonds. The van der Waals surface area contributed by atoms with Gasteiger partial charge in [-0.25, -0.2) is 9.37 Å². The van der Waals surface area contributed by atoms with E-state index < -0.39 is 17.7 Å². The van der Waals surface area contributed by atoms with Crippen molar-refractivity contribution in [3.63, 3.8) is 0 Å². The Morgan fingerprint density at radius 1 is 1.50 bits per heavy atom. The molecule has 0 radical (unpaired) electrons. The Labute approximate surface area is 79.7 Å². The number of hydrogen-bond acceptors (Lipinski definition) is 3. The first-order valence-corrected chi connectivity index (χ1v) is 4.10. The highest BCUT2D eigenvalue weighted by Crippen LogP contribution is 2.06. The van der Waals surface area contributed by atoms with E-state index in [1.165, 1.54) is 0 Å². The monoisotopic (exact) mass is 201 g/mol. The van der Waals surface area contributed by atoms with E-state index in [0.29, 0.717) is 0 Å². The van der Waals surface area contributed by atoms with Gasteiger partial charge in [0.15, 0.2) is 0 Å². The van der Waals surface area contributed by atoms with Gasteiger partial charge in [0.25, 0.3) is 0 Å². The third-order valence-electron chi connectivity index (χ3n) is 1.50. The molecule has 0 atom stereocenters. The Morgan fingerprint density at radius 3 is 2.86 bits per heavy atom. The molecular formula is C9H9F2NO2. The lowest BCUT2D eigenvalue weighted by Gasteiger charge is -2.02. The first kappa shape index (κ1) is 10.6. The van der Waals surface area contributed by atoms with E-state index in [1.807, 2.05) is 0 Å². The fourth-order valence-corrected chi connectivity index (χ4v) is 0.930. The number of hydrogen-bond donors (Lipinski definition) is 0. The maximum absolute atomic E-state index is 12.9. The minimum absolute atomic E-state index is 0.204. The molecule has 1 aromatic heterocycles. The molecule has 76 valence electrons. The van der Waals surface area contributed by atoms with Gasteiger partial charge in [-0.15, -0.1) is 0 Å². The van der Waals surface area contributed by atoms with Crippen LogP contribution in [0.5, 0.6) is 0 Å². The molecule has 0 spiro atoms. The van der Waals surface area contributed by atoms with E-state index in [1.54, 1.807) is 6.92 Å². The second kappa shape index (κ2) is 4.64. The van der Waals surface area contributed by atoms with Crippen molar-refractivity contribution in [2.45, 2.75) is 13.3 Å². The molecule has 0 aromatic carbocycles. The van der Waals surface area contributed by atoms with Crippen molar-refractivity contribution in [3.8, 4) is 0 Å². The van der Waals surface area contributed by atoms with Gasteiger partial charge in [-0.05, 0) is 19.1 Å². The van der Waals surface area contributed by atoms with Gasteiger partial charge in [0.05, 0.1) is 18.7 Å². The summed E-state index contributed by atoms with van der Waals surface area (Å²) in [5.41, 5.74) is -0.233. The van der Waals surface area contributed by atoms with Gasteiger partial charge >= 0.3 is 5.97 Å². The summed E-state index contributed by atoms with van der Waals surface area (Å²) >= 11 is 0. The minimum Gasteiger partial charge on any atom is -0.466 e. The molecule has 1 aromatic rings. The average Bonchev–Trinajstić information content (AvgIpc) is 2.12. The number of ether oxygens (including phenoxy) is 1. The van der Waals surface area contributed by atoms with E-state index in [2.05, 4.69) is 9.72 Å². The van der Waals surface area contributed by atoms with Crippen molar-refractivity contribution >= 4 is 5.97 Å². The summed E-state index contributed by atoms with van der Waals surface area (Å²) < 4.78 is 30.1. The molecular weight excluding hydrogens is 192 g/mol. The summed E-state index contributed by atoms with van der Waals surface area (Å²) in [6.07, 6.45) is -0.350. The predicted molar refractivity (Wildman–Crippen MR) is 44.5 cm³/mol. The van der Waals surface area contributed by atoms with Crippen LogP contribution < -0.4 is 0 Å². The third kappa shape index (κ3) is 2.76. The molecule has 0 saturated carbocycles. The van der Waals surface area contributed by atoms with E-state index in [0.717, 1.165) is 12.1 Å². The number of aromatic nitrogens is 1. The Balaban J connectivity index is 2.75. The lowest BCUT2D eigenvalue weighted by atomic mass is 10.2. The Morgan fingerprint density at radius 2 is 2.21 bits per heavy atom. The van der Waals surface area contributed by atoms with Crippen molar-refractivity contribution in [2.75, 3.05) is 6.61 Å². The van der Waals surface area contributed by atoms with Gasteiger partial charge in [-0.2, -0.15) is 4.39 Å². The van der Waals surface area contributed by atoms with Crippen LogP contribution in [0.3, 0.4) is 0 Å². The molecule has 0 aliphatic heterocycles. The first-order valence-electron chi connectivity index (χ1n) is 4.10. The second-order valence-electron chi connectivity index (χ2n) is 2.54. The van der Waals surface area contributed by atoms with Gasteiger partial charge in [-0.1, -0.05) is 0 Å². The van der Waals surface area contributed by atoms with Crippen LogP contribution in [-0.2, 0) is 16.0 Å². The van der Waals surface area contributed by atoms with Gasteiger partial charge in [0.2, 0.25) is 5.95 Å². The Kier molecular flexibility index (Phi) is 3.50. The third-order valence-corrected chi connectivity index (χ3v) is 1.50. The molecule has 0 aliphatic carbocycles. The maximum atomic E-state index is 12.9. The molecule has 0 N–H and O–H groups in total. The van der Waals surface area contributed by atoms with E-state index >= 15 is 0 Å². The number of carbonyl (C=O) groups is 1. The highest BCUT2D eigenvalue weighted by molar-refractivity contribution is 5.71. The summed E-state index contributed by atoms with van der Waals surface area (Å²) in [6, 6.07) is 1.82. The van der Waals surface area contributed by atoms with Gasteiger partial charge in [0.1, 0.15) is 5.82 Å². The van der Waals surface area contributed by atoms with Crippen LogP contribution in [0.4, 0.5) is 8.78 Å². The average molecular weight is 201 g/mol. The Hall–Kier alpha value is -1.52. The highest BCUT2D eigenvalue weighted by atomic mass is 19.1. The topological polar surface area (TPSA) is 39.2 Å². The fraction of sp³-hybridized carbons (Fsp3) is 0.333. The van der Waals surface area contributed by atoms with Crippen LogP contribution >= 0.6 is 0 Å². The summed E-state index contributed by atoms with van der Waals surface area (Å²) in [5, 5.41) is 0. The number of rotatable bonds is 3. The van der Waals surface area contributed by atoms with E-state index in [9.17, 15) is 13.6 Å². The van der Waals surface area contributed by atoms with Gasteiger partial charge in [-0.3, -0.25) is 4.79 Å². The largest absolute Gasteiger partial charge is 0.466 e. The summed E-state index contributed by atoms with van der Waals surface area (Å²) in [5.74, 6) is -2.14. The van der Waals surface area contributed by atoms with Crippen LogP contribution in [0, 0.1) is 11.8 Å². The Bertz CT molecular complexity index is 342. The van der Waals surface area contributed by atoms with Crippen LogP contribution in [0.1, 0.15) is 12.6 Å². The summed E-state index contributed by atoms with van der Waals surface area (Å²) in [6.45, 7) is 1.84. The number of halogens is 2. The molecule has 14 heavy (non-hydrogen) atoms. The van der Waals surface area contributed by atoms with Crippen molar-refractivity contribution in [2.24, 2.45) is 0 Å². The van der Waals surface area contributed by atoms with Crippen LogP contribution in [0.15, 0.2) is 12.1 Å². The number of esters is 1. The zero-order valence-corrected chi connectivity index (χ0v) is 7.59. The molecule has 0 fully saturated rings. The van der Waals surface area contributed by atoms with Crippen molar-refractivity contribution < 1.29 is 18.3 Å². The number of nitrogens with zero attached hydrogens (tertiary/aromatic N) is 1. The van der Waals surface area contributed by atoms with E-state index in [-0.39, 0.29) is 18.7 Å². The predicted octanol–water partition coefficient (Wildman–Crippen LogP) is 1.47.